The van der Waals surface area contributed by atoms with Gasteiger partial charge in [0.1, 0.15) is 0 Å². The Hall–Kier alpha value is -0.660. The van der Waals surface area contributed by atoms with Crippen molar-refractivity contribution in [2.45, 2.75) is 38.9 Å². The van der Waals surface area contributed by atoms with Gasteiger partial charge in [0.15, 0.2) is 0 Å². The number of alkyl halides is 3. The summed E-state index contributed by atoms with van der Waals surface area (Å²) in [4.78, 5) is 4.95. The first kappa shape index (κ1) is 13.4. The first-order valence-corrected chi connectivity index (χ1v) is 5.62. The Balaban J connectivity index is 2.71. The van der Waals surface area contributed by atoms with Crippen molar-refractivity contribution in [2.75, 3.05) is 0 Å². The van der Waals surface area contributed by atoms with E-state index in [0.29, 0.717) is 0 Å². The predicted octanol–water partition coefficient (Wildman–Crippen LogP) is 2.61. The topological polar surface area (TPSA) is 50.9 Å². The first-order valence-electron chi connectivity index (χ1n) is 4.80. The highest BCUT2D eigenvalue weighted by atomic mass is 32.1. The molecular formula is C9H14F3N3S. The molecule has 7 heteroatoms. The van der Waals surface area contributed by atoms with Gasteiger partial charge in [0, 0.05) is 11.3 Å². The van der Waals surface area contributed by atoms with Crippen molar-refractivity contribution in [3.05, 3.63) is 15.6 Å². The van der Waals surface area contributed by atoms with Gasteiger partial charge in [-0.25, -0.2) is 4.98 Å². The lowest BCUT2D eigenvalue weighted by Crippen LogP contribution is -2.29. The van der Waals surface area contributed by atoms with Crippen LogP contribution in [0.5, 0.6) is 0 Å². The number of hydrogen-bond acceptors (Lipinski definition) is 4. The molecule has 0 amide bonds. The van der Waals surface area contributed by atoms with Crippen molar-refractivity contribution in [3.63, 3.8) is 0 Å². The summed E-state index contributed by atoms with van der Waals surface area (Å²) < 4.78 is 36.3. The number of aryl methyl sites for hydroxylation is 2. The Kier molecular flexibility index (Phi) is 4.28. The molecule has 16 heavy (non-hydrogen) atoms. The van der Waals surface area contributed by atoms with E-state index in [1.165, 1.54) is 11.3 Å². The number of aromatic nitrogens is 1. The number of nitrogens with two attached hydrogens (primary N) is 1. The van der Waals surface area contributed by atoms with E-state index >= 15 is 0 Å². The second-order valence-electron chi connectivity index (χ2n) is 3.56. The fourth-order valence-electron chi connectivity index (χ4n) is 1.47. The molecule has 1 unspecified atom stereocenters. The minimum absolute atomic E-state index is 0.0670. The van der Waals surface area contributed by atoms with Crippen molar-refractivity contribution < 1.29 is 13.2 Å². The van der Waals surface area contributed by atoms with Gasteiger partial charge in [-0.1, -0.05) is 0 Å². The fourth-order valence-corrected chi connectivity index (χ4v) is 2.49. The van der Waals surface area contributed by atoms with Gasteiger partial charge in [-0.2, -0.15) is 13.2 Å². The number of thiazole rings is 1. The SMILES string of the molecule is Cc1nc(C)c(C(CCC(F)(F)F)NN)s1. The Morgan fingerprint density at radius 2 is 2.06 bits per heavy atom. The fraction of sp³-hybridized carbons (Fsp3) is 0.667. The molecule has 3 N–H and O–H groups in total. The lowest BCUT2D eigenvalue weighted by molar-refractivity contribution is -0.136. The minimum atomic E-state index is -4.15. The maximum atomic E-state index is 12.1. The molecule has 92 valence electrons. The molecule has 1 aromatic rings. The Bertz CT molecular complexity index is 348. The smallest absolute Gasteiger partial charge is 0.271 e. The molecule has 0 aliphatic rings. The van der Waals surface area contributed by atoms with Crippen molar-refractivity contribution in [2.24, 2.45) is 5.84 Å². The third kappa shape index (κ3) is 3.73. The summed E-state index contributed by atoms with van der Waals surface area (Å²) in [5, 5.41) is 0.833. The summed E-state index contributed by atoms with van der Waals surface area (Å²) in [5.74, 6) is 5.27. The normalized spacial score (nSPS) is 14.1. The van der Waals surface area contributed by atoms with Gasteiger partial charge >= 0.3 is 6.18 Å². The number of nitrogens with zero attached hydrogens (tertiary/aromatic N) is 1. The van der Waals surface area contributed by atoms with E-state index in [1.54, 1.807) is 6.92 Å². The van der Waals surface area contributed by atoms with Crippen LogP contribution in [0.1, 0.15) is 34.5 Å². The average Bonchev–Trinajstić information content (AvgIpc) is 2.45. The van der Waals surface area contributed by atoms with Crippen LogP contribution in [0.15, 0.2) is 0 Å². The van der Waals surface area contributed by atoms with Gasteiger partial charge in [0.05, 0.1) is 16.7 Å². The highest BCUT2D eigenvalue weighted by Crippen LogP contribution is 2.31. The monoisotopic (exact) mass is 253 g/mol. The van der Waals surface area contributed by atoms with Crippen LogP contribution in [0.2, 0.25) is 0 Å². The van der Waals surface area contributed by atoms with E-state index in [1.807, 2.05) is 6.92 Å². The van der Waals surface area contributed by atoms with Crippen LogP contribution in [0, 0.1) is 13.8 Å². The van der Waals surface area contributed by atoms with Gasteiger partial charge in [-0.3, -0.25) is 11.3 Å². The molecule has 1 aromatic heterocycles. The summed E-state index contributed by atoms with van der Waals surface area (Å²) in [6, 6.07) is -0.479. The number of hydrogen-bond donors (Lipinski definition) is 2. The Morgan fingerprint density at radius 1 is 1.44 bits per heavy atom. The van der Waals surface area contributed by atoms with Crippen LogP contribution in [-0.4, -0.2) is 11.2 Å². The van der Waals surface area contributed by atoms with E-state index in [9.17, 15) is 13.2 Å². The highest BCUT2D eigenvalue weighted by Gasteiger charge is 2.29. The van der Waals surface area contributed by atoms with E-state index < -0.39 is 18.6 Å². The molecule has 1 atom stereocenters. The van der Waals surface area contributed by atoms with Crippen LogP contribution >= 0.6 is 11.3 Å². The molecule has 3 nitrogen and oxygen atoms in total. The molecule has 0 saturated carbocycles. The maximum Gasteiger partial charge on any atom is 0.389 e. The van der Waals surface area contributed by atoms with Gasteiger partial charge in [0.25, 0.3) is 0 Å². The molecule has 0 bridgehead atoms. The van der Waals surface area contributed by atoms with Gasteiger partial charge in [0.2, 0.25) is 0 Å². The first-order chi connectivity index (χ1) is 7.33. The van der Waals surface area contributed by atoms with Crippen molar-refractivity contribution in [3.8, 4) is 0 Å². The zero-order valence-corrected chi connectivity index (χ0v) is 9.87. The van der Waals surface area contributed by atoms with Crippen molar-refractivity contribution in [1.29, 1.82) is 0 Å². The van der Waals surface area contributed by atoms with E-state index in [-0.39, 0.29) is 6.42 Å². The minimum Gasteiger partial charge on any atom is -0.271 e. The third-order valence-corrected chi connectivity index (χ3v) is 3.36. The lowest BCUT2D eigenvalue weighted by Gasteiger charge is -2.15. The van der Waals surface area contributed by atoms with Crippen LogP contribution in [0.3, 0.4) is 0 Å². The molecule has 0 spiro atoms. The summed E-state index contributed by atoms with van der Waals surface area (Å²) in [7, 11) is 0. The van der Waals surface area contributed by atoms with Crippen molar-refractivity contribution in [1.82, 2.24) is 10.4 Å². The zero-order valence-electron chi connectivity index (χ0n) is 9.06. The molecule has 1 rings (SSSR count). The average molecular weight is 253 g/mol. The molecule has 0 radical (unpaired) electrons. The maximum absolute atomic E-state index is 12.1. The molecule has 0 aliphatic heterocycles. The van der Waals surface area contributed by atoms with Gasteiger partial charge < -0.3 is 0 Å². The van der Waals surface area contributed by atoms with Crippen LogP contribution in [0.4, 0.5) is 13.2 Å². The molecule has 0 saturated heterocycles. The summed E-state index contributed by atoms with van der Waals surface area (Å²) in [6.07, 6.45) is -5.07. The predicted molar refractivity (Wildman–Crippen MR) is 56.9 cm³/mol. The Labute approximate surface area is 95.8 Å². The van der Waals surface area contributed by atoms with Crippen LogP contribution < -0.4 is 11.3 Å². The van der Waals surface area contributed by atoms with E-state index in [4.69, 9.17) is 5.84 Å². The van der Waals surface area contributed by atoms with Crippen LogP contribution in [0.25, 0.3) is 0 Å². The second-order valence-corrected chi connectivity index (χ2v) is 4.79. The molecular weight excluding hydrogens is 239 g/mol. The summed E-state index contributed by atoms with van der Waals surface area (Å²) >= 11 is 1.38. The quantitative estimate of drug-likeness (QED) is 0.640. The lowest BCUT2D eigenvalue weighted by atomic mass is 10.1. The molecule has 0 fully saturated rings. The molecule has 0 aliphatic carbocycles. The van der Waals surface area contributed by atoms with E-state index in [2.05, 4.69) is 10.4 Å². The van der Waals surface area contributed by atoms with Gasteiger partial charge in [-0.05, 0) is 20.3 Å². The largest absolute Gasteiger partial charge is 0.389 e. The van der Waals surface area contributed by atoms with Crippen molar-refractivity contribution >= 4 is 11.3 Å². The third-order valence-electron chi connectivity index (χ3n) is 2.17. The number of halogens is 3. The second kappa shape index (κ2) is 5.11. The standard InChI is InChI=1S/C9H14F3N3S/c1-5-8(16-6(2)14-5)7(15-13)3-4-9(10,11)12/h7,15H,3-4,13H2,1-2H3. The number of nitrogens with one attached hydrogen (secondary N) is 1. The molecule has 1 heterocycles. The van der Waals surface area contributed by atoms with Crippen LogP contribution in [-0.2, 0) is 0 Å². The number of rotatable bonds is 4. The zero-order chi connectivity index (χ0) is 12.3. The molecule has 0 aromatic carbocycles. The number of hydrazine groups is 1. The van der Waals surface area contributed by atoms with Gasteiger partial charge in [-0.15, -0.1) is 11.3 Å². The summed E-state index contributed by atoms with van der Waals surface area (Å²) in [6.45, 7) is 3.59. The Morgan fingerprint density at radius 3 is 2.44 bits per heavy atom. The summed E-state index contributed by atoms with van der Waals surface area (Å²) in [5.41, 5.74) is 3.16. The highest BCUT2D eigenvalue weighted by molar-refractivity contribution is 7.11. The van der Waals surface area contributed by atoms with E-state index in [0.717, 1.165) is 15.6 Å².